The molecule has 1 saturated carbocycles. The number of nitrogens with two attached hydrogens (primary N) is 1. The van der Waals surface area contributed by atoms with Crippen LogP contribution in [-0.2, 0) is 10.0 Å². The molecule has 0 radical (unpaired) electrons. The molecule has 1 aromatic rings. The van der Waals surface area contributed by atoms with Gasteiger partial charge in [0.05, 0.1) is 9.82 Å². The van der Waals surface area contributed by atoms with Crippen LogP contribution in [0.1, 0.15) is 32.6 Å². The van der Waals surface area contributed by atoms with Gasteiger partial charge in [-0.25, -0.2) is 13.1 Å². The minimum Gasteiger partial charge on any atom is -0.393 e. The number of hydrogen-bond donors (Lipinski definition) is 2. The summed E-state index contributed by atoms with van der Waals surface area (Å²) >= 11 is 0. The Hall–Kier alpha value is -1.67. The van der Waals surface area contributed by atoms with Gasteiger partial charge in [-0.3, -0.25) is 10.1 Å². The SMILES string of the molecule is CCCC1(CNS(=O)(=O)c2ccc([N+](=O)[O-])c(N)c2)CC1. The molecule has 7 nitrogen and oxygen atoms in total. The molecule has 3 N–H and O–H groups in total. The van der Waals surface area contributed by atoms with E-state index < -0.39 is 14.9 Å². The molecule has 0 atom stereocenters. The van der Waals surface area contributed by atoms with E-state index in [0.29, 0.717) is 6.54 Å². The standard InChI is InChI=1S/C13H19N3O4S/c1-2-5-13(6-7-13)9-15-21(19,20)10-3-4-12(16(17)18)11(14)8-10/h3-4,8,15H,2,5-7,9,14H2,1H3. The first-order chi connectivity index (χ1) is 9.80. The summed E-state index contributed by atoms with van der Waals surface area (Å²) in [5, 5.41) is 10.7. The second kappa shape index (κ2) is 5.61. The molecule has 1 fully saturated rings. The lowest BCUT2D eigenvalue weighted by Gasteiger charge is -2.15. The fraction of sp³-hybridized carbons (Fsp3) is 0.538. The van der Waals surface area contributed by atoms with Gasteiger partial charge in [0.15, 0.2) is 0 Å². The largest absolute Gasteiger partial charge is 0.393 e. The van der Waals surface area contributed by atoms with Gasteiger partial charge in [-0.2, -0.15) is 0 Å². The number of anilines is 1. The molecule has 0 bridgehead atoms. The number of nitrogens with one attached hydrogen (secondary N) is 1. The van der Waals surface area contributed by atoms with E-state index in [-0.39, 0.29) is 21.7 Å². The van der Waals surface area contributed by atoms with E-state index in [1.807, 2.05) is 0 Å². The van der Waals surface area contributed by atoms with Crippen LogP contribution in [-0.4, -0.2) is 19.9 Å². The monoisotopic (exact) mass is 313 g/mol. The minimum absolute atomic E-state index is 0.0436. The van der Waals surface area contributed by atoms with Crippen LogP contribution in [0.5, 0.6) is 0 Å². The molecule has 0 heterocycles. The predicted molar refractivity (Wildman–Crippen MR) is 79.3 cm³/mol. The Balaban J connectivity index is 2.13. The van der Waals surface area contributed by atoms with Crippen molar-refractivity contribution in [1.82, 2.24) is 4.72 Å². The molecule has 21 heavy (non-hydrogen) atoms. The van der Waals surface area contributed by atoms with Gasteiger partial charge in [0.25, 0.3) is 5.69 Å². The number of nitro benzene ring substituents is 1. The van der Waals surface area contributed by atoms with Crippen LogP contribution in [0.2, 0.25) is 0 Å². The quantitative estimate of drug-likeness (QED) is 0.454. The average Bonchev–Trinajstić information content (AvgIpc) is 3.17. The molecule has 0 unspecified atom stereocenters. The highest BCUT2D eigenvalue weighted by Gasteiger charge is 2.42. The second-order valence-corrected chi connectivity index (χ2v) is 7.32. The van der Waals surface area contributed by atoms with Gasteiger partial charge in [0.2, 0.25) is 10.0 Å². The van der Waals surface area contributed by atoms with Gasteiger partial charge in [0.1, 0.15) is 5.69 Å². The number of nitro groups is 1. The Labute approximate surface area is 123 Å². The summed E-state index contributed by atoms with van der Waals surface area (Å²) in [6.07, 6.45) is 4.08. The van der Waals surface area contributed by atoms with Crippen molar-refractivity contribution in [3.63, 3.8) is 0 Å². The van der Waals surface area contributed by atoms with Gasteiger partial charge in [-0.05, 0) is 36.8 Å². The Morgan fingerprint density at radius 2 is 2.10 bits per heavy atom. The van der Waals surface area contributed by atoms with E-state index in [2.05, 4.69) is 11.6 Å². The number of nitrogens with zero attached hydrogens (tertiary/aromatic N) is 1. The summed E-state index contributed by atoms with van der Waals surface area (Å²) in [7, 11) is -3.69. The third kappa shape index (κ3) is 3.51. The molecular formula is C13H19N3O4S. The summed E-state index contributed by atoms with van der Waals surface area (Å²) in [5.74, 6) is 0. The van der Waals surface area contributed by atoms with E-state index in [4.69, 9.17) is 5.73 Å². The molecule has 0 spiro atoms. The Kier molecular flexibility index (Phi) is 4.20. The zero-order chi connectivity index (χ0) is 15.7. The van der Waals surface area contributed by atoms with Gasteiger partial charge < -0.3 is 5.73 Å². The predicted octanol–water partition coefficient (Wildman–Crippen LogP) is 2.04. The van der Waals surface area contributed by atoms with Crippen molar-refractivity contribution in [2.45, 2.75) is 37.5 Å². The number of hydrogen-bond acceptors (Lipinski definition) is 5. The Bertz CT molecular complexity index is 653. The van der Waals surface area contributed by atoms with Crippen molar-refractivity contribution in [1.29, 1.82) is 0 Å². The number of sulfonamides is 1. The summed E-state index contributed by atoms with van der Waals surface area (Å²) < 4.78 is 27.0. The summed E-state index contributed by atoms with van der Waals surface area (Å²) in [6, 6.07) is 3.44. The Morgan fingerprint density at radius 3 is 2.57 bits per heavy atom. The first-order valence-corrected chi connectivity index (χ1v) is 8.32. The maximum absolute atomic E-state index is 12.2. The van der Waals surface area contributed by atoms with Gasteiger partial charge in [-0.1, -0.05) is 13.3 Å². The molecule has 0 amide bonds. The topological polar surface area (TPSA) is 115 Å². The van der Waals surface area contributed by atoms with Crippen LogP contribution in [0.15, 0.2) is 23.1 Å². The molecule has 0 saturated heterocycles. The maximum atomic E-state index is 12.2. The molecule has 8 heteroatoms. The molecule has 1 aromatic carbocycles. The lowest BCUT2D eigenvalue weighted by Crippen LogP contribution is -2.30. The van der Waals surface area contributed by atoms with Crippen LogP contribution in [0.3, 0.4) is 0 Å². The van der Waals surface area contributed by atoms with Gasteiger partial charge >= 0.3 is 0 Å². The average molecular weight is 313 g/mol. The van der Waals surface area contributed by atoms with E-state index in [9.17, 15) is 18.5 Å². The lowest BCUT2D eigenvalue weighted by atomic mass is 10.0. The number of rotatable bonds is 7. The Morgan fingerprint density at radius 1 is 1.43 bits per heavy atom. The van der Waals surface area contributed by atoms with Gasteiger partial charge in [-0.15, -0.1) is 0 Å². The highest BCUT2D eigenvalue weighted by molar-refractivity contribution is 7.89. The highest BCUT2D eigenvalue weighted by Crippen LogP contribution is 2.49. The molecular weight excluding hydrogens is 294 g/mol. The fourth-order valence-corrected chi connectivity index (χ4v) is 3.61. The summed E-state index contributed by atoms with van der Waals surface area (Å²) in [4.78, 5) is 10.00. The number of benzene rings is 1. The van der Waals surface area contributed by atoms with E-state index in [0.717, 1.165) is 37.8 Å². The lowest BCUT2D eigenvalue weighted by molar-refractivity contribution is -0.383. The van der Waals surface area contributed by atoms with Crippen LogP contribution in [0.25, 0.3) is 0 Å². The van der Waals surface area contributed by atoms with E-state index >= 15 is 0 Å². The van der Waals surface area contributed by atoms with Crippen molar-refractivity contribution in [3.05, 3.63) is 28.3 Å². The van der Waals surface area contributed by atoms with Crippen molar-refractivity contribution in [3.8, 4) is 0 Å². The third-order valence-electron chi connectivity index (χ3n) is 3.88. The molecule has 0 aromatic heterocycles. The normalized spacial score (nSPS) is 16.6. The fourth-order valence-electron chi connectivity index (χ4n) is 2.42. The van der Waals surface area contributed by atoms with Crippen molar-refractivity contribution >= 4 is 21.4 Å². The minimum atomic E-state index is -3.69. The summed E-state index contributed by atoms with van der Waals surface area (Å²) in [6.45, 7) is 2.48. The van der Waals surface area contributed by atoms with Crippen LogP contribution >= 0.6 is 0 Å². The van der Waals surface area contributed by atoms with Crippen molar-refractivity contribution < 1.29 is 13.3 Å². The first-order valence-electron chi connectivity index (χ1n) is 6.83. The van der Waals surface area contributed by atoms with Crippen molar-refractivity contribution in [2.24, 2.45) is 5.41 Å². The van der Waals surface area contributed by atoms with Gasteiger partial charge in [0, 0.05) is 12.6 Å². The van der Waals surface area contributed by atoms with Crippen molar-refractivity contribution in [2.75, 3.05) is 12.3 Å². The van der Waals surface area contributed by atoms with Crippen LogP contribution in [0.4, 0.5) is 11.4 Å². The number of nitrogen functional groups attached to an aromatic ring is 1. The molecule has 116 valence electrons. The first kappa shape index (κ1) is 15.7. The van der Waals surface area contributed by atoms with Crippen LogP contribution in [0, 0.1) is 15.5 Å². The molecule has 0 aliphatic heterocycles. The zero-order valence-electron chi connectivity index (χ0n) is 11.8. The van der Waals surface area contributed by atoms with E-state index in [1.54, 1.807) is 0 Å². The maximum Gasteiger partial charge on any atom is 0.292 e. The highest BCUT2D eigenvalue weighted by atomic mass is 32.2. The third-order valence-corrected chi connectivity index (χ3v) is 5.28. The smallest absolute Gasteiger partial charge is 0.292 e. The molecule has 2 rings (SSSR count). The molecule has 1 aliphatic carbocycles. The second-order valence-electron chi connectivity index (χ2n) is 5.55. The summed E-state index contributed by atoms with van der Waals surface area (Å²) in [5.41, 5.74) is 5.17. The zero-order valence-corrected chi connectivity index (χ0v) is 12.6. The van der Waals surface area contributed by atoms with E-state index in [1.165, 1.54) is 6.07 Å². The molecule has 1 aliphatic rings. The van der Waals surface area contributed by atoms with Crippen LogP contribution < -0.4 is 10.5 Å².